The third-order valence-corrected chi connectivity index (χ3v) is 27.5. The van der Waals surface area contributed by atoms with Crippen LogP contribution in [0.5, 0.6) is 0 Å². The molecule has 0 radical (unpaired) electrons. The van der Waals surface area contributed by atoms with Gasteiger partial charge in [0, 0.05) is 0 Å². The maximum Gasteiger partial charge on any atom is 0.238 e. The van der Waals surface area contributed by atoms with Crippen LogP contribution in [0.2, 0.25) is 72.5 Å². The quantitative estimate of drug-likeness (QED) is 0.0551. The van der Waals surface area contributed by atoms with Crippen molar-refractivity contribution in [3.63, 3.8) is 0 Å². The molecule has 0 unspecified atom stereocenters. The summed E-state index contributed by atoms with van der Waals surface area (Å²) in [5.74, 6) is 0. The van der Waals surface area contributed by atoms with E-state index < -0.39 is 51.6 Å². The van der Waals surface area contributed by atoms with Crippen LogP contribution in [0.1, 0.15) is 88.6 Å². The molecule has 0 amide bonds. The lowest BCUT2D eigenvalue weighted by Gasteiger charge is -2.41. The van der Waals surface area contributed by atoms with Crippen molar-refractivity contribution < 1.29 is 47.6 Å². The van der Waals surface area contributed by atoms with E-state index in [1.54, 1.807) is 0 Å². The standard InChI is InChI=1S/C36H74O10Si4/c1-33(2,3)47(13,14)43-39-28-31(41-45-49(17,18)35(7,8)9)32(42-46-50(19,20)36(10,11)12)30(40-44-48(15,16)34(4,5)6)27-38-37-26-29-24-22-21-23-25-29/h21-25,30-32H,26-28H2,1-20H3/t30-,31+,32-/m1/s1. The summed E-state index contributed by atoms with van der Waals surface area (Å²) in [4.78, 5) is 36.7. The van der Waals surface area contributed by atoms with E-state index >= 15 is 0 Å². The van der Waals surface area contributed by atoms with Crippen LogP contribution in [0.15, 0.2) is 30.3 Å². The van der Waals surface area contributed by atoms with Gasteiger partial charge in [-0.25, -0.2) is 29.3 Å². The van der Waals surface area contributed by atoms with Gasteiger partial charge in [0.25, 0.3) is 0 Å². The lowest BCUT2D eigenvalue weighted by Crippen LogP contribution is -2.53. The van der Waals surface area contributed by atoms with Gasteiger partial charge in [-0.2, -0.15) is 0 Å². The molecule has 3 atom stereocenters. The highest BCUT2D eigenvalue weighted by Crippen LogP contribution is 2.41. The van der Waals surface area contributed by atoms with Gasteiger partial charge in [0.15, 0.2) is 6.10 Å². The monoisotopic (exact) mass is 778 g/mol. The Bertz CT molecular complexity index is 1120. The van der Waals surface area contributed by atoms with Crippen molar-refractivity contribution in [2.24, 2.45) is 0 Å². The first-order valence-electron chi connectivity index (χ1n) is 18.0. The first-order valence-corrected chi connectivity index (χ1v) is 29.6. The molecule has 0 heterocycles. The van der Waals surface area contributed by atoms with Crippen molar-refractivity contribution >= 4 is 33.3 Å². The van der Waals surface area contributed by atoms with Crippen LogP contribution in [0.4, 0.5) is 0 Å². The SMILES string of the molecule is CC(C)(C)[Si](C)(C)OOC[C@H](OO[Si](C)(C)C(C)(C)C)[C@H](OO[Si](C)(C)C(C)(C)C)[C@@H](COOCc1ccccc1)OO[Si](C)(C)C(C)(C)C. The first-order chi connectivity index (χ1) is 22.3. The zero-order valence-corrected chi connectivity index (χ0v) is 39.3. The van der Waals surface area contributed by atoms with Crippen molar-refractivity contribution in [2.75, 3.05) is 13.2 Å². The maximum atomic E-state index is 6.45. The second-order valence-electron chi connectivity index (χ2n) is 19.5. The minimum absolute atomic E-state index is 0.0303. The Labute approximate surface area is 309 Å². The van der Waals surface area contributed by atoms with E-state index in [1.807, 2.05) is 30.3 Å². The topological polar surface area (TPSA) is 92.3 Å². The normalized spacial score (nSPS) is 16.4. The smallest absolute Gasteiger partial charge is 0.238 e. The summed E-state index contributed by atoms with van der Waals surface area (Å²) < 4.78 is 25.2. The molecule has 0 saturated carbocycles. The van der Waals surface area contributed by atoms with Gasteiger partial charge in [-0.1, -0.05) is 113 Å². The molecule has 50 heavy (non-hydrogen) atoms. The largest absolute Gasteiger partial charge is 0.286 e. The van der Waals surface area contributed by atoms with E-state index in [2.05, 4.69) is 135 Å². The summed E-state index contributed by atoms with van der Waals surface area (Å²) in [5, 5.41) is -0.469. The molecular weight excluding hydrogens is 705 g/mol. The molecule has 1 aromatic carbocycles. The molecule has 0 spiro atoms. The number of rotatable bonds is 20. The van der Waals surface area contributed by atoms with Crippen LogP contribution < -0.4 is 0 Å². The first kappa shape index (κ1) is 47.7. The molecule has 1 aromatic rings. The molecule has 14 heteroatoms. The van der Waals surface area contributed by atoms with E-state index in [0.717, 1.165) is 5.56 Å². The molecule has 10 nitrogen and oxygen atoms in total. The average Bonchev–Trinajstić information content (AvgIpc) is 2.93. The van der Waals surface area contributed by atoms with E-state index in [1.165, 1.54) is 0 Å². The molecule has 0 N–H and O–H groups in total. The highest BCUT2D eigenvalue weighted by molar-refractivity contribution is 6.75. The van der Waals surface area contributed by atoms with E-state index in [4.69, 9.17) is 47.6 Å². The highest BCUT2D eigenvalue weighted by Gasteiger charge is 2.47. The Morgan fingerprint density at radius 3 is 1.16 bits per heavy atom. The van der Waals surface area contributed by atoms with Gasteiger partial charge in [-0.15, -0.1) is 0 Å². The molecule has 294 valence electrons. The Morgan fingerprint density at radius 1 is 0.440 bits per heavy atom. The summed E-state index contributed by atoms with van der Waals surface area (Å²) in [6.45, 7) is 42.9. The lowest BCUT2D eigenvalue weighted by molar-refractivity contribution is -0.409. The second-order valence-corrected chi connectivity index (χ2v) is 38.3. The predicted molar refractivity (Wildman–Crippen MR) is 211 cm³/mol. The summed E-state index contributed by atoms with van der Waals surface area (Å²) in [5.41, 5.74) is 0.969. The molecule has 0 saturated heterocycles. The molecular formula is C36H74O10Si4. The molecule has 0 fully saturated rings. The van der Waals surface area contributed by atoms with Crippen LogP contribution in [-0.4, -0.2) is 64.8 Å². The lowest BCUT2D eigenvalue weighted by atomic mass is 10.1. The van der Waals surface area contributed by atoms with Gasteiger partial charge in [0.1, 0.15) is 32.0 Å². The van der Waals surface area contributed by atoms with Crippen molar-refractivity contribution in [1.29, 1.82) is 0 Å². The van der Waals surface area contributed by atoms with Gasteiger partial charge < -0.3 is 0 Å². The van der Waals surface area contributed by atoms with Crippen LogP contribution in [-0.2, 0) is 54.2 Å². The van der Waals surface area contributed by atoms with Crippen molar-refractivity contribution in [1.82, 2.24) is 0 Å². The maximum absolute atomic E-state index is 6.45. The van der Waals surface area contributed by atoms with Gasteiger partial charge in [0.05, 0.1) is 0 Å². The summed E-state index contributed by atoms with van der Waals surface area (Å²) in [6, 6.07) is 9.81. The summed E-state index contributed by atoms with van der Waals surface area (Å²) in [7, 11) is -9.54. The third kappa shape index (κ3) is 14.8. The van der Waals surface area contributed by atoms with E-state index in [0.29, 0.717) is 0 Å². The van der Waals surface area contributed by atoms with Gasteiger partial charge in [-0.05, 0) is 78.1 Å². The van der Waals surface area contributed by atoms with Gasteiger partial charge in [0.2, 0.25) is 33.3 Å². The Balaban J connectivity index is 3.64. The highest BCUT2D eigenvalue weighted by atomic mass is 28.4. The summed E-state index contributed by atoms with van der Waals surface area (Å²) >= 11 is 0. The summed E-state index contributed by atoms with van der Waals surface area (Å²) in [6.07, 6.45) is -2.69. The van der Waals surface area contributed by atoms with Crippen LogP contribution in [0.25, 0.3) is 0 Å². The molecule has 0 aromatic heterocycles. The zero-order valence-electron chi connectivity index (χ0n) is 35.3. The fourth-order valence-electron chi connectivity index (χ4n) is 2.81. The van der Waals surface area contributed by atoms with Crippen molar-refractivity contribution in [3.8, 4) is 0 Å². The van der Waals surface area contributed by atoms with Crippen molar-refractivity contribution in [3.05, 3.63) is 35.9 Å². The minimum atomic E-state index is -2.44. The van der Waals surface area contributed by atoms with Crippen molar-refractivity contribution in [2.45, 2.75) is 181 Å². The number of hydrogen-bond acceptors (Lipinski definition) is 10. The molecule has 1 rings (SSSR count). The van der Waals surface area contributed by atoms with Crippen LogP contribution in [0, 0.1) is 0 Å². The number of hydrogen-bond donors (Lipinski definition) is 0. The molecule has 0 bridgehead atoms. The average molecular weight is 779 g/mol. The molecule has 0 aliphatic heterocycles. The Hall–Kier alpha value is -0.312. The third-order valence-electron chi connectivity index (χ3n) is 11.0. The Morgan fingerprint density at radius 2 is 0.780 bits per heavy atom. The zero-order chi connectivity index (χ0) is 39.0. The molecule has 0 aliphatic carbocycles. The predicted octanol–water partition coefficient (Wildman–Crippen LogP) is 11.1. The minimum Gasteiger partial charge on any atom is -0.286 e. The second kappa shape index (κ2) is 18.3. The van der Waals surface area contributed by atoms with E-state index in [9.17, 15) is 0 Å². The fraction of sp³-hybridized carbons (Fsp3) is 0.833. The Kier molecular flexibility index (Phi) is 17.5. The fourth-order valence-corrected chi connectivity index (χ4v) is 5.25. The van der Waals surface area contributed by atoms with Crippen LogP contribution >= 0.6 is 0 Å². The van der Waals surface area contributed by atoms with Crippen LogP contribution in [0.3, 0.4) is 0 Å². The van der Waals surface area contributed by atoms with E-state index in [-0.39, 0.29) is 40.0 Å². The number of benzene rings is 1. The molecule has 0 aliphatic rings. The van der Waals surface area contributed by atoms with Gasteiger partial charge >= 0.3 is 0 Å². The van der Waals surface area contributed by atoms with Gasteiger partial charge in [-0.3, -0.25) is 18.3 Å².